The molecule has 22 heavy (non-hydrogen) atoms. The lowest BCUT2D eigenvalue weighted by Crippen LogP contribution is -2.58. The van der Waals surface area contributed by atoms with E-state index in [9.17, 15) is 4.79 Å². The second kappa shape index (κ2) is 6.66. The van der Waals surface area contributed by atoms with E-state index in [2.05, 4.69) is 24.0 Å². The average molecular weight is 324 g/mol. The molecule has 2 fully saturated rings. The van der Waals surface area contributed by atoms with Crippen LogP contribution in [0.5, 0.6) is 0 Å². The van der Waals surface area contributed by atoms with Gasteiger partial charge in [0.05, 0.1) is 26.4 Å². The van der Waals surface area contributed by atoms with Crippen LogP contribution < -0.4 is 0 Å². The molecule has 3 heterocycles. The fourth-order valence-corrected chi connectivity index (χ4v) is 4.14. The largest absolute Gasteiger partial charge is 0.376 e. The lowest BCUT2D eigenvalue weighted by atomic mass is 10.0. The van der Waals surface area contributed by atoms with Crippen LogP contribution in [0, 0.1) is 6.92 Å². The third-order valence-electron chi connectivity index (χ3n) is 4.30. The molecule has 2 aliphatic rings. The van der Waals surface area contributed by atoms with Gasteiger partial charge in [-0.25, -0.2) is 0 Å². The van der Waals surface area contributed by atoms with Gasteiger partial charge in [0, 0.05) is 42.9 Å². The van der Waals surface area contributed by atoms with Gasteiger partial charge in [0.15, 0.2) is 0 Å². The highest BCUT2D eigenvalue weighted by atomic mass is 32.1. The predicted octanol–water partition coefficient (Wildman–Crippen LogP) is 1.51. The van der Waals surface area contributed by atoms with Gasteiger partial charge in [-0.05, 0) is 19.1 Å². The lowest BCUT2D eigenvalue weighted by Gasteiger charge is -2.43. The summed E-state index contributed by atoms with van der Waals surface area (Å²) in [6, 6.07) is 4.37. The Morgan fingerprint density at radius 2 is 2.18 bits per heavy atom. The Labute approximate surface area is 135 Å². The van der Waals surface area contributed by atoms with Crippen LogP contribution in [-0.2, 0) is 20.8 Å². The highest BCUT2D eigenvalue weighted by molar-refractivity contribution is 7.11. The van der Waals surface area contributed by atoms with Crippen molar-refractivity contribution in [1.82, 2.24) is 9.80 Å². The molecule has 3 rings (SSSR count). The van der Waals surface area contributed by atoms with Crippen molar-refractivity contribution in [3.63, 3.8) is 0 Å². The first kappa shape index (κ1) is 15.9. The summed E-state index contributed by atoms with van der Waals surface area (Å²) in [5, 5.41) is 0. The van der Waals surface area contributed by atoms with Crippen LogP contribution in [0.1, 0.15) is 16.7 Å². The maximum Gasteiger partial charge on any atom is 0.219 e. The van der Waals surface area contributed by atoms with Crippen molar-refractivity contribution < 1.29 is 14.3 Å². The minimum Gasteiger partial charge on any atom is -0.376 e. The number of rotatable bonds is 2. The molecule has 1 amide bonds. The van der Waals surface area contributed by atoms with Gasteiger partial charge in [0.25, 0.3) is 0 Å². The second-order valence-electron chi connectivity index (χ2n) is 6.25. The van der Waals surface area contributed by atoms with Crippen LogP contribution in [0.3, 0.4) is 0 Å². The van der Waals surface area contributed by atoms with Gasteiger partial charge >= 0.3 is 0 Å². The molecule has 0 aliphatic carbocycles. The molecule has 2 saturated heterocycles. The molecule has 1 aromatic heterocycles. The van der Waals surface area contributed by atoms with Crippen LogP contribution in [0.25, 0.3) is 0 Å². The standard InChI is InChI=1S/C16H24N2O3S/c1-13-3-4-15(22-13)9-17-5-8-21-16(10-17)11-18(14(2)19)6-7-20-12-16/h3-4H,5-12H2,1-2H3. The summed E-state index contributed by atoms with van der Waals surface area (Å²) in [6.07, 6.45) is 0. The normalized spacial score (nSPS) is 27.1. The lowest BCUT2D eigenvalue weighted by molar-refractivity contribution is -0.151. The zero-order chi connectivity index (χ0) is 15.6. The molecule has 0 saturated carbocycles. The smallest absolute Gasteiger partial charge is 0.219 e. The van der Waals surface area contributed by atoms with E-state index < -0.39 is 0 Å². The fraction of sp³-hybridized carbons (Fsp3) is 0.688. The first-order valence-electron chi connectivity index (χ1n) is 7.81. The second-order valence-corrected chi connectivity index (χ2v) is 7.62. The highest BCUT2D eigenvalue weighted by Gasteiger charge is 2.40. The maximum absolute atomic E-state index is 11.8. The van der Waals surface area contributed by atoms with Gasteiger partial charge in [-0.15, -0.1) is 11.3 Å². The van der Waals surface area contributed by atoms with Crippen LogP contribution in [0.2, 0.25) is 0 Å². The predicted molar refractivity (Wildman–Crippen MR) is 86.1 cm³/mol. The number of hydrogen-bond donors (Lipinski definition) is 0. The van der Waals surface area contributed by atoms with Gasteiger partial charge in [-0.1, -0.05) is 0 Å². The van der Waals surface area contributed by atoms with Crippen molar-refractivity contribution in [2.24, 2.45) is 0 Å². The summed E-state index contributed by atoms with van der Waals surface area (Å²) < 4.78 is 11.8. The summed E-state index contributed by atoms with van der Waals surface area (Å²) in [5.74, 6) is 0.0967. The monoisotopic (exact) mass is 324 g/mol. The molecule has 0 bridgehead atoms. The Balaban J connectivity index is 1.68. The van der Waals surface area contributed by atoms with Gasteiger partial charge < -0.3 is 14.4 Å². The van der Waals surface area contributed by atoms with E-state index >= 15 is 0 Å². The van der Waals surface area contributed by atoms with Gasteiger partial charge in [0.1, 0.15) is 5.60 Å². The van der Waals surface area contributed by atoms with Crippen LogP contribution in [0.4, 0.5) is 0 Å². The third-order valence-corrected chi connectivity index (χ3v) is 5.28. The minimum atomic E-state index is -0.382. The molecular formula is C16H24N2O3S. The van der Waals surface area contributed by atoms with E-state index in [0.29, 0.717) is 32.9 Å². The number of hydrogen-bond acceptors (Lipinski definition) is 5. The molecule has 1 unspecified atom stereocenters. The quantitative estimate of drug-likeness (QED) is 0.827. The summed E-state index contributed by atoms with van der Waals surface area (Å²) in [5.41, 5.74) is -0.382. The first-order chi connectivity index (χ1) is 10.6. The number of ether oxygens (including phenoxy) is 2. The first-order valence-corrected chi connectivity index (χ1v) is 8.63. The Morgan fingerprint density at radius 3 is 2.91 bits per heavy atom. The van der Waals surface area contributed by atoms with E-state index in [1.54, 1.807) is 6.92 Å². The topological polar surface area (TPSA) is 42.0 Å². The van der Waals surface area contributed by atoms with E-state index in [4.69, 9.17) is 9.47 Å². The Kier molecular flexibility index (Phi) is 4.82. The summed E-state index contributed by atoms with van der Waals surface area (Å²) in [4.78, 5) is 18.8. The van der Waals surface area contributed by atoms with Crippen molar-refractivity contribution in [3.8, 4) is 0 Å². The van der Waals surface area contributed by atoms with Crippen molar-refractivity contribution in [2.75, 3.05) is 46.0 Å². The number of aryl methyl sites for hydroxylation is 1. The molecule has 2 aliphatic heterocycles. The zero-order valence-electron chi connectivity index (χ0n) is 13.3. The Morgan fingerprint density at radius 1 is 1.32 bits per heavy atom. The van der Waals surface area contributed by atoms with Crippen molar-refractivity contribution in [2.45, 2.75) is 26.0 Å². The summed E-state index contributed by atoms with van der Waals surface area (Å²) in [7, 11) is 0. The Hall–Kier alpha value is -0.950. The molecule has 0 aromatic carbocycles. The molecule has 1 aromatic rings. The molecule has 5 nitrogen and oxygen atoms in total. The molecule has 1 atom stereocenters. The molecule has 0 N–H and O–H groups in total. The average Bonchev–Trinajstić information content (AvgIpc) is 2.76. The fourth-order valence-electron chi connectivity index (χ4n) is 3.21. The van der Waals surface area contributed by atoms with Crippen molar-refractivity contribution >= 4 is 17.2 Å². The summed E-state index contributed by atoms with van der Waals surface area (Å²) in [6.45, 7) is 9.58. The Bertz CT molecular complexity index is 533. The van der Waals surface area contributed by atoms with Crippen molar-refractivity contribution in [3.05, 3.63) is 21.9 Å². The molecule has 6 heteroatoms. The van der Waals surface area contributed by atoms with Crippen LogP contribution in [-0.4, -0.2) is 67.3 Å². The van der Waals surface area contributed by atoms with E-state index in [0.717, 1.165) is 19.6 Å². The molecular weight excluding hydrogens is 300 g/mol. The number of nitrogens with zero attached hydrogens (tertiary/aromatic N) is 2. The maximum atomic E-state index is 11.8. The van der Waals surface area contributed by atoms with Gasteiger partial charge in [-0.2, -0.15) is 0 Å². The number of amides is 1. The number of thiophene rings is 1. The SMILES string of the molecule is CC(=O)N1CCOCC2(CN(Cc3ccc(C)s3)CCO2)C1. The van der Waals surface area contributed by atoms with Crippen LogP contribution in [0.15, 0.2) is 12.1 Å². The van der Waals surface area contributed by atoms with Crippen molar-refractivity contribution in [1.29, 1.82) is 0 Å². The third kappa shape index (κ3) is 3.68. The van der Waals surface area contributed by atoms with Crippen LogP contribution >= 0.6 is 11.3 Å². The summed E-state index contributed by atoms with van der Waals surface area (Å²) >= 11 is 1.85. The van der Waals surface area contributed by atoms with Gasteiger partial charge in [-0.3, -0.25) is 9.69 Å². The number of carbonyl (C=O) groups excluding carboxylic acids is 1. The minimum absolute atomic E-state index is 0.0967. The number of morpholine rings is 1. The zero-order valence-corrected chi connectivity index (χ0v) is 14.2. The van der Waals surface area contributed by atoms with E-state index in [-0.39, 0.29) is 11.5 Å². The molecule has 1 spiro atoms. The van der Waals surface area contributed by atoms with E-state index in [1.807, 2.05) is 16.2 Å². The molecule has 122 valence electrons. The number of carbonyl (C=O) groups is 1. The van der Waals surface area contributed by atoms with Gasteiger partial charge in [0.2, 0.25) is 5.91 Å². The van der Waals surface area contributed by atoms with E-state index in [1.165, 1.54) is 9.75 Å². The molecule has 0 radical (unpaired) electrons. The highest BCUT2D eigenvalue weighted by Crippen LogP contribution is 2.25.